The van der Waals surface area contributed by atoms with E-state index in [1.54, 1.807) is 6.33 Å². The van der Waals surface area contributed by atoms with Crippen LogP contribution in [-0.4, -0.2) is 25.4 Å². The third-order valence-corrected chi connectivity index (χ3v) is 7.36. The van der Waals surface area contributed by atoms with Gasteiger partial charge in [-0.15, -0.1) is 35.4 Å². The Morgan fingerprint density at radius 3 is 2.07 bits per heavy atom. The smallest absolute Gasteiger partial charge is 0.164 e. The predicted molar refractivity (Wildman–Crippen MR) is 171 cm³/mol. The Kier molecular flexibility index (Phi) is 9.56. The van der Waals surface area contributed by atoms with Crippen LogP contribution in [0.1, 0.15) is 67.9 Å². The first kappa shape index (κ1) is 33.2. The minimum atomic E-state index is -0.417. The van der Waals surface area contributed by atoms with Crippen LogP contribution in [0.25, 0.3) is 44.0 Å². The van der Waals surface area contributed by atoms with E-state index < -0.39 is 5.41 Å². The van der Waals surface area contributed by atoms with Gasteiger partial charge in [0.2, 0.25) is 0 Å². The third-order valence-electron chi connectivity index (χ3n) is 7.36. The van der Waals surface area contributed by atoms with Gasteiger partial charge < -0.3 is 9.67 Å². The second-order valence-electron chi connectivity index (χ2n) is 13.8. The number of hydrogen-bond donors (Lipinski definition) is 1. The molecule has 5 rings (SSSR count). The van der Waals surface area contributed by atoms with Crippen LogP contribution < -0.4 is 0 Å². The molecule has 0 saturated carbocycles. The molecule has 6 heteroatoms. The molecule has 1 N–H and O–H groups in total. The molecule has 0 fully saturated rings. The monoisotopic (exact) mass is 741 g/mol. The summed E-state index contributed by atoms with van der Waals surface area (Å²) in [7, 11) is 2.10. The molecule has 0 aliphatic heterocycles. The van der Waals surface area contributed by atoms with Crippen molar-refractivity contribution in [2.45, 2.75) is 67.7 Å². The summed E-state index contributed by atoms with van der Waals surface area (Å²) in [6.07, 6.45) is 3.00. The molecule has 0 atom stereocenters. The average molecular weight is 741 g/mol. The van der Waals surface area contributed by atoms with Gasteiger partial charge in [0.1, 0.15) is 12.1 Å². The maximum Gasteiger partial charge on any atom is 0.164 e. The maximum absolute atomic E-state index is 11.5. The molecule has 1 radical (unpaired) electrons. The Labute approximate surface area is 263 Å². The fourth-order valence-corrected chi connectivity index (χ4v) is 4.61. The van der Waals surface area contributed by atoms with Crippen LogP contribution in [-0.2, 0) is 37.4 Å². The minimum absolute atomic E-state index is 0. The van der Waals surface area contributed by atoms with Crippen molar-refractivity contribution in [3.63, 3.8) is 0 Å². The van der Waals surface area contributed by atoms with Gasteiger partial charge in [-0.1, -0.05) is 98.7 Å². The molecule has 5 aromatic rings. The molecular formula is C36H42IrN3O2-. The zero-order chi connectivity index (χ0) is 30.3. The van der Waals surface area contributed by atoms with E-state index in [0.29, 0.717) is 0 Å². The minimum Gasteiger partial charge on any atom is -0.512 e. The van der Waals surface area contributed by atoms with Gasteiger partial charge in [0.15, 0.2) is 5.78 Å². The summed E-state index contributed by atoms with van der Waals surface area (Å²) >= 11 is 0. The average Bonchev–Trinajstić information content (AvgIpc) is 3.20. The number of rotatable bonds is 2. The van der Waals surface area contributed by atoms with Crippen molar-refractivity contribution >= 4 is 38.5 Å². The summed E-state index contributed by atoms with van der Waals surface area (Å²) in [6.45, 7) is 17.8. The molecule has 0 aliphatic carbocycles. The van der Waals surface area contributed by atoms with Gasteiger partial charge in [0, 0.05) is 60.5 Å². The first-order valence-corrected chi connectivity index (χ1v) is 14.1. The van der Waals surface area contributed by atoms with Crippen molar-refractivity contribution in [2.24, 2.45) is 17.9 Å². The number of allylic oxidation sites excluding steroid dienone is 2. The Morgan fingerprint density at radius 1 is 0.833 bits per heavy atom. The van der Waals surface area contributed by atoms with Gasteiger partial charge in [0.25, 0.3) is 0 Å². The number of ketones is 1. The number of aliphatic hydroxyl groups excluding tert-OH is 1. The Bertz CT molecular complexity index is 1760. The molecule has 0 amide bonds. The van der Waals surface area contributed by atoms with Crippen molar-refractivity contribution in [2.75, 3.05) is 0 Å². The number of fused-ring (bicyclic) bond motifs is 5. The standard InChI is InChI=1S/C25H22N3.C11H20O2.Ir/c1-25(2,3)18-12-9-17(10-13-18)21-24-22(27-15-26-21)20-14-11-16-7-5-6-8-19(16)23(20)28(24)4;1-10(2,3)8(12)7-9(13)11(4,5)6;/h5-9,11-15H,1-4H3;7,12H,1-6H3;/q-1;;/b;8-7-;. The molecule has 0 spiro atoms. The Balaban J connectivity index is 0.000000297. The van der Waals surface area contributed by atoms with Crippen molar-refractivity contribution in [3.05, 3.63) is 84.4 Å². The first-order valence-electron chi connectivity index (χ1n) is 14.1. The summed E-state index contributed by atoms with van der Waals surface area (Å²) in [6, 6.07) is 22.7. The quantitative estimate of drug-likeness (QED) is 0.111. The van der Waals surface area contributed by atoms with Gasteiger partial charge >= 0.3 is 0 Å². The normalized spacial score (nSPS) is 12.7. The molecule has 2 heterocycles. The molecule has 5 nitrogen and oxygen atoms in total. The number of aryl methyl sites for hydroxylation is 1. The fourth-order valence-electron chi connectivity index (χ4n) is 4.61. The molecule has 3 aromatic carbocycles. The Morgan fingerprint density at radius 2 is 1.50 bits per heavy atom. The summed E-state index contributed by atoms with van der Waals surface area (Å²) in [5.74, 6) is 0.104. The molecular weight excluding hydrogens is 699 g/mol. The molecule has 0 unspecified atom stereocenters. The van der Waals surface area contributed by atoms with E-state index in [2.05, 4.69) is 103 Å². The molecule has 42 heavy (non-hydrogen) atoms. The van der Waals surface area contributed by atoms with Crippen molar-refractivity contribution in [1.82, 2.24) is 14.5 Å². The number of carbonyl (C=O) groups excluding carboxylic acids is 1. The molecule has 2 aromatic heterocycles. The van der Waals surface area contributed by atoms with E-state index in [1.807, 2.05) is 41.5 Å². The van der Waals surface area contributed by atoms with Crippen LogP contribution in [0.3, 0.4) is 0 Å². The fraction of sp³-hybridized carbons (Fsp3) is 0.361. The molecule has 0 saturated heterocycles. The van der Waals surface area contributed by atoms with Gasteiger partial charge in [-0.2, -0.15) is 0 Å². The van der Waals surface area contributed by atoms with Gasteiger partial charge in [-0.3, -0.25) is 9.78 Å². The van der Waals surface area contributed by atoms with Crippen molar-refractivity contribution in [3.8, 4) is 11.3 Å². The van der Waals surface area contributed by atoms with Gasteiger partial charge in [-0.25, -0.2) is 4.98 Å². The summed E-state index contributed by atoms with van der Waals surface area (Å²) < 4.78 is 2.23. The van der Waals surface area contributed by atoms with Crippen LogP contribution in [0.15, 0.2) is 72.8 Å². The largest absolute Gasteiger partial charge is 0.512 e. The summed E-state index contributed by atoms with van der Waals surface area (Å²) in [5.41, 5.74) is 5.76. The van der Waals surface area contributed by atoms with Gasteiger partial charge in [0.05, 0.1) is 16.6 Å². The van der Waals surface area contributed by atoms with Crippen molar-refractivity contribution < 1.29 is 30.0 Å². The number of benzene rings is 3. The number of aliphatic hydroxyl groups is 1. The number of carbonyl (C=O) groups is 1. The second-order valence-corrected chi connectivity index (χ2v) is 13.8. The van der Waals surface area contributed by atoms with Crippen LogP contribution in [0, 0.1) is 16.9 Å². The van der Waals surface area contributed by atoms with Crippen LogP contribution >= 0.6 is 0 Å². The van der Waals surface area contributed by atoms with Crippen LogP contribution in [0.4, 0.5) is 0 Å². The third kappa shape index (κ3) is 6.82. The van der Waals surface area contributed by atoms with E-state index >= 15 is 0 Å². The van der Waals surface area contributed by atoms with E-state index in [9.17, 15) is 9.90 Å². The molecule has 0 aliphatic rings. The SMILES string of the molecule is CC(C)(C)C(=O)/C=C(\O)C(C)(C)C.Cn1c2c(-c3[c-]cc(C(C)(C)C)cc3)ncnc2c2ccc3ccccc3c21.[Ir]. The van der Waals surface area contributed by atoms with Crippen LogP contribution in [0.2, 0.25) is 0 Å². The van der Waals surface area contributed by atoms with Gasteiger partial charge in [-0.05, 0) is 10.8 Å². The first-order chi connectivity index (χ1) is 19.0. The van der Waals surface area contributed by atoms with E-state index in [1.165, 1.54) is 27.9 Å². The van der Waals surface area contributed by atoms with E-state index in [0.717, 1.165) is 27.7 Å². The predicted octanol–water partition coefficient (Wildman–Crippen LogP) is 9.13. The summed E-state index contributed by atoms with van der Waals surface area (Å²) in [4.78, 5) is 20.8. The topological polar surface area (TPSA) is 68.0 Å². The maximum atomic E-state index is 11.5. The van der Waals surface area contributed by atoms with Crippen molar-refractivity contribution in [1.29, 1.82) is 0 Å². The van der Waals surface area contributed by atoms with Crippen LogP contribution in [0.5, 0.6) is 0 Å². The molecule has 0 bridgehead atoms. The Hall–Kier alpha value is -3.34. The van der Waals surface area contributed by atoms with E-state index in [4.69, 9.17) is 0 Å². The number of nitrogens with zero attached hydrogens (tertiary/aromatic N) is 3. The zero-order valence-electron chi connectivity index (χ0n) is 26.4. The molecule has 223 valence electrons. The number of aromatic nitrogens is 3. The zero-order valence-corrected chi connectivity index (χ0v) is 28.8. The number of hydrogen-bond acceptors (Lipinski definition) is 4. The summed E-state index contributed by atoms with van der Waals surface area (Å²) in [5, 5.41) is 13.2. The van der Waals surface area contributed by atoms with E-state index in [-0.39, 0.29) is 42.5 Å². The second kappa shape index (κ2) is 12.1.